The van der Waals surface area contributed by atoms with Crippen molar-refractivity contribution < 1.29 is 8.42 Å². The molecule has 4 heteroatoms. The normalized spacial score (nSPS) is 16.0. The molecule has 0 saturated heterocycles. The molecule has 0 aromatic heterocycles. The lowest BCUT2D eigenvalue weighted by atomic mass is 9.91. The monoisotopic (exact) mass is 403 g/mol. The number of nitrogens with zero attached hydrogens (tertiary/aromatic N) is 1. The molecule has 1 aliphatic heterocycles. The molecule has 0 spiro atoms. The smallest absolute Gasteiger partial charge is 0.254 e. The zero-order chi connectivity index (χ0) is 20.8. The highest BCUT2D eigenvalue weighted by molar-refractivity contribution is 7.92. The van der Waals surface area contributed by atoms with Crippen molar-refractivity contribution in [2.24, 2.45) is 0 Å². The molecule has 0 fully saturated rings. The minimum atomic E-state index is -3.75. The van der Waals surface area contributed by atoms with Crippen LogP contribution >= 0.6 is 0 Å². The third kappa shape index (κ3) is 3.38. The number of benzene rings is 3. The first-order chi connectivity index (χ1) is 13.8. The van der Waals surface area contributed by atoms with Crippen molar-refractivity contribution in [1.29, 1.82) is 0 Å². The summed E-state index contributed by atoms with van der Waals surface area (Å²) in [4.78, 5) is 0.306. The lowest BCUT2D eigenvalue weighted by Gasteiger charge is -2.36. The summed E-state index contributed by atoms with van der Waals surface area (Å²) in [5.74, 6) is 0. The summed E-state index contributed by atoms with van der Waals surface area (Å²) in [7, 11) is -3.75. The van der Waals surface area contributed by atoms with Crippen molar-refractivity contribution >= 4 is 21.8 Å². The Hall–Kier alpha value is -2.85. The van der Waals surface area contributed by atoms with Crippen LogP contribution in [0.15, 0.2) is 71.6 Å². The summed E-state index contributed by atoms with van der Waals surface area (Å²) < 4.78 is 29.2. The van der Waals surface area contributed by atoms with Gasteiger partial charge in [0.05, 0.1) is 16.6 Å². The predicted octanol–water partition coefficient (Wildman–Crippen LogP) is 5.88. The van der Waals surface area contributed by atoms with E-state index in [2.05, 4.69) is 32.9 Å². The third-order valence-electron chi connectivity index (χ3n) is 5.50. The van der Waals surface area contributed by atoms with Crippen LogP contribution in [-0.4, -0.2) is 8.42 Å². The molecule has 1 atom stereocenters. The molecule has 1 heterocycles. The molecule has 3 nitrogen and oxygen atoms in total. The fraction of sp³-hybridized carbons (Fsp3) is 0.200. The Morgan fingerprint density at radius 1 is 0.793 bits per heavy atom. The average molecular weight is 404 g/mol. The van der Waals surface area contributed by atoms with E-state index in [4.69, 9.17) is 0 Å². The predicted molar refractivity (Wildman–Crippen MR) is 120 cm³/mol. The molecular weight excluding hydrogens is 378 g/mol. The number of hydrogen-bond donors (Lipinski definition) is 0. The van der Waals surface area contributed by atoms with Gasteiger partial charge in [-0.25, -0.2) is 8.42 Å². The van der Waals surface area contributed by atoms with E-state index in [1.165, 1.54) is 5.56 Å². The van der Waals surface area contributed by atoms with Gasteiger partial charge in [-0.1, -0.05) is 65.7 Å². The third-order valence-corrected chi connectivity index (χ3v) is 7.31. The highest BCUT2D eigenvalue weighted by Gasteiger charge is 2.35. The van der Waals surface area contributed by atoms with Crippen molar-refractivity contribution in [3.8, 4) is 0 Å². The van der Waals surface area contributed by atoms with Crippen LogP contribution in [0.4, 0.5) is 5.69 Å². The Morgan fingerprint density at radius 2 is 1.41 bits per heavy atom. The first kappa shape index (κ1) is 19.5. The second-order valence-electron chi connectivity index (χ2n) is 7.79. The van der Waals surface area contributed by atoms with E-state index in [9.17, 15) is 8.42 Å². The van der Waals surface area contributed by atoms with Crippen LogP contribution in [0.5, 0.6) is 0 Å². The van der Waals surface area contributed by atoms with E-state index in [1.807, 2.05) is 55.5 Å². The van der Waals surface area contributed by atoms with Gasteiger partial charge in [0.25, 0.3) is 10.0 Å². The molecule has 1 unspecified atom stereocenters. The zero-order valence-electron chi connectivity index (χ0n) is 17.2. The summed E-state index contributed by atoms with van der Waals surface area (Å²) in [6, 6.07) is 18.6. The topological polar surface area (TPSA) is 37.4 Å². The van der Waals surface area contributed by atoms with Crippen LogP contribution in [0.25, 0.3) is 6.08 Å². The summed E-state index contributed by atoms with van der Waals surface area (Å²) >= 11 is 0. The largest absolute Gasteiger partial charge is 0.265 e. The first-order valence-electron chi connectivity index (χ1n) is 9.75. The van der Waals surface area contributed by atoms with Crippen molar-refractivity contribution in [2.45, 2.75) is 38.6 Å². The maximum Gasteiger partial charge on any atom is 0.265 e. The minimum Gasteiger partial charge on any atom is -0.254 e. The molecule has 1 aliphatic rings. The highest BCUT2D eigenvalue weighted by atomic mass is 32.2. The van der Waals surface area contributed by atoms with Crippen LogP contribution in [-0.2, 0) is 10.0 Å². The van der Waals surface area contributed by atoms with E-state index < -0.39 is 16.1 Å². The molecule has 0 amide bonds. The van der Waals surface area contributed by atoms with Crippen LogP contribution in [0.3, 0.4) is 0 Å². The van der Waals surface area contributed by atoms with E-state index >= 15 is 0 Å². The molecule has 4 rings (SSSR count). The van der Waals surface area contributed by atoms with Crippen molar-refractivity contribution in [2.75, 3.05) is 4.31 Å². The molecule has 0 aliphatic carbocycles. The van der Waals surface area contributed by atoms with Gasteiger partial charge in [0.2, 0.25) is 0 Å². The van der Waals surface area contributed by atoms with Gasteiger partial charge in [-0.2, -0.15) is 0 Å². The molecular formula is C25H25NO2S. The molecule has 0 bridgehead atoms. The SMILES string of the molecule is Cc1ccc(S(=O)(=O)N2c3ccccc3C=CC2c2c(C)cc(C)cc2C)cc1. The van der Waals surface area contributed by atoms with Crippen molar-refractivity contribution in [3.63, 3.8) is 0 Å². The Bertz CT molecular complexity index is 1180. The molecule has 0 N–H and O–H groups in total. The van der Waals surface area contributed by atoms with Gasteiger partial charge in [-0.3, -0.25) is 4.31 Å². The molecule has 3 aromatic carbocycles. The first-order valence-corrected chi connectivity index (χ1v) is 11.2. The van der Waals surface area contributed by atoms with Gasteiger partial charge in [-0.15, -0.1) is 0 Å². The van der Waals surface area contributed by atoms with Crippen molar-refractivity contribution in [1.82, 2.24) is 0 Å². The molecule has 3 aromatic rings. The Morgan fingerprint density at radius 3 is 2.07 bits per heavy atom. The summed E-state index contributed by atoms with van der Waals surface area (Å²) in [6.07, 6.45) is 4.03. The molecule has 0 saturated carbocycles. The second kappa shape index (κ2) is 7.20. The van der Waals surface area contributed by atoms with Crippen LogP contribution in [0.2, 0.25) is 0 Å². The van der Waals surface area contributed by atoms with Gasteiger partial charge in [-0.05, 0) is 68.1 Å². The van der Waals surface area contributed by atoms with Gasteiger partial charge >= 0.3 is 0 Å². The van der Waals surface area contributed by atoms with Gasteiger partial charge in [0, 0.05) is 0 Å². The van der Waals surface area contributed by atoms with E-state index in [1.54, 1.807) is 16.4 Å². The van der Waals surface area contributed by atoms with Crippen molar-refractivity contribution in [3.05, 3.63) is 100 Å². The quantitative estimate of drug-likeness (QED) is 0.547. The number of aryl methyl sites for hydroxylation is 4. The molecule has 29 heavy (non-hydrogen) atoms. The standard InChI is InChI=1S/C25H25NO2S/c1-17-9-12-22(13-10-17)29(27,28)26-23-8-6-5-7-21(23)11-14-24(26)25-19(3)15-18(2)16-20(25)4/h5-16,24H,1-4H3. The molecule has 0 radical (unpaired) electrons. The number of anilines is 1. The molecule has 148 valence electrons. The fourth-order valence-corrected chi connectivity index (χ4v) is 5.83. The highest BCUT2D eigenvalue weighted by Crippen LogP contribution is 2.42. The lowest BCUT2D eigenvalue weighted by Crippen LogP contribution is -2.36. The second-order valence-corrected chi connectivity index (χ2v) is 9.60. The van der Waals surface area contributed by atoms with Gasteiger partial charge in [0.1, 0.15) is 0 Å². The number of para-hydroxylation sites is 1. The van der Waals surface area contributed by atoms with Gasteiger partial charge < -0.3 is 0 Å². The fourth-order valence-electron chi connectivity index (χ4n) is 4.23. The number of fused-ring (bicyclic) bond motifs is 1. The Balaban J connectivity index is 1.96. The lowest BCUT2D eigenvalue weighted by molar-refractivity contribution is 0.586. The van der Waals surface area contributed by atoms with Crippen LogP contribution < -0.4 is 4.31 Å². The maximum absolute atomic E-state index is 13.8. The zero-order valence-corrected chi connectivity index (χ0v) is 18.0. The van der Waals surface area contributed by atoms with E-state index in [0.29, 0.717) is 10.6 Å². The maximum atomic E-state index is 13.8. The number of hydrogen-bond acceptors (Lipinski definition) is 2. The average Bonchev–Trinajstić information content (AvgIpc) is 2.67. The Labute approximate surface area is 173 Å². The van der Waals surface area contributed by atoms with Crippen LogP contribution in [0, 0.1) is 27.7 Å². The summed E-state index contributed by atoms with van der Waals surface area (Å²) in [5.41, 5.74) is 7.06. The minimum absolute atomic E-state index is 0.306. The van der Waals surface area contributed by atoms with E-state index in [-0.39, 0.29) is 0 Å². The number of rotatable bonds is 3. The van der Waals surface area contributed by atoms with Gasteiger partial charge in [0.15, 0.2) is 0 Å². The summed E-state index contributed by atoms with van der Waals surface area (Å²) in [5, 5.41) is 0. The van der Waals surface area contributed by atoms with Crippen LogP contribution in [0.1, 0.15) is 39.4 Å². The Kier molecular flexibility index (Phi) is 4.83. The van der Waals surface area contributed by atoms with E-state index in [0.717, 1.165) is 27.8 Å². The number of sulfonamides is 1. The summed E-state index contributed by atoms with van der Waals surface area (Å²) in [6.45, 7) is 8.13.